The summed E-state index contributed by atoms with van der Waals surface area (Å²) in [5.74, 6) is 0.232. The molecule has 17 nitrogen and oxygen atoms in total. The summed E-state index contributed by atoms with van der Waals surface area (Å²) < 4.78 is 68.8. The Balaban J connectivity index is 5.26. The lowest BCUT2D eigenvalue weighted by molar-refractivity contribution is -0.161. The minimum Gasteiger partial charge on any atom is -0.462 e. The first-order valence-electron chi connectivity index (χ1n) is 42.4. The van der Waals surface area contributed by atoms with Gasteiger partial charge in [-0.3, -0.25) is 37.3 Å². The maximum atomic E-state index is 13.1. The topological polar surface area (TPSA) is 237 Å². The molecule has 0 aliphatic carbocycles. The smallest absolute Gasteiger partial charge is 0.462 e. The van der Waals surface area contributed by atoms with Gasteiger partial charge in [-0.15, -0.1) is 0 Å². The maximum absolute atomic E-state index is 13.1. The number of carbonyl (C=O) groups is 4. The van der Waals surface area contributed by atoms with E-state index in [9.17, 15) is 43.2 Å². The van der Waals surface area contributed by atoms with Crippen LogP contribution in [0.3, 0.4) is 0 Å². The number of hydrogen-bond acceptors (Lipinski definition) is 15. The molecule has 0 saturated heterocycles. The molecule has 6 atom stereocenters. The molecule has 0 amide bonds. The number of aliphatic hydroxyl groups is 1. The Labute approximate surface area is 619 Å². The van der Waals surface area contributed by atoms with E-state index in [1.54, 1.807) is 0 Å². The van der Waals surface area contributed by atoms with E-state index in [0.29, 0.717) is 25.7 Å². The zero-order chi connectivity index (χ0) is 74.4. The van der Waals surface area contributed by atoms with Crippen LogP contribution in [-0.4, -0.2) is 96.7 Å². The molecule has 0 aromatic carbocycles. The summed E-state index contributed by atoms with van der Waals surface area (Å²) in [5.41, 5.74) is 0. The molecule has 0 aliphatic heterocycles. The van der Waals surface area contributed by atoms with Crippen molar-refractivity contribution < 1.29 is 80.2 Å². The standard InChI is InChI=1S/C82H160O17P2/c1-8-10-11-12-13-14-15-16-17-18-19-20-24-27-35-42-49-56-63-79(84)92-69-77(98-81(86)65-58-51-44-36-28-25-22-21-23-26-34-41-48-55-62-75(7)9-2)71-96-100(88,89)94-67-76(83)68-95-101(90,91)97-72-78(70-93-80(85)64-57-50-43-38-31-33-40-47-54-61-74(5)6)99-82(87)66-59-52-45-37-30-29-32-39-46-53-60-73(3)4/h73-78,83H,8-72H2,1-7H3,(H,88,89)(H,90,91)/t75?,76-,77-,78-/m1/s1. The Morgan fingerprint density at radius 1 is 0.287 bits per heavy atom. The largest absolute Gasteiger partial charge is 0.472 e. The number of esters is 4. The van der Waals surface area contributed by atoms with Crippen molar-refractivity contribution in [3.05, 3.63) is 0 Å². The molecule has 0 spiro atoms. The van der Waals surface area contributed by atoms with Gasteiger partial charge in [-0.25, -0.2) is 9.13 Å². The second-order valence-electron chi connectivity index (χ2n) is 30.7. The van der Waals surface area contributed by atoms with Crippen LogP contribution in [0.2, 0.25) is 0 Å². The van der Waals surface area contributed by atoms with Gasteiger partial charge in [0.25, 0.3) is 0 Å². The summed E-state index contributed by atoms with van der Waals surface area (Å²) in [5, 5.41) is 10.7. The van der Waals surface area contributed by atoms with Gasteiger partial charge in [0.05, 0.1) is 26.4 Å². The van der Waals surface area contributed by atoms with Crippen LogP contribution in [0.1, 0.15) is 427 Å². The van der Waals surface area contributed by atoms with Crippen molar-refractivity contribution in [1.29, 1.82) is 0 Å². The second-order valence-corrected chi connectivity index (χ2v) is 33.6. The summed E-state index contributed by atoms with van der Waals surface area (Å²) in [6.45, 7) is 12.0. The highest BCUT2D eigenvalue weighted by Crippen LogP contribution is 2.45. The molecule has 101 heavy (non-hydrogen) atoms. The van der Waals surface area contributed by atoms with Gasteiger partial charge in [-0.2, -0.15) is 0 Å². The van der Waals surface area contributed by atoms with Crippen LogP contribution in [0, 0.1) is 17.8 Å². The highest BCUT2D eigenvalue weighted by atomic mass is 31.2. The van der Waals surface area contributed by atoms with Gasteiger partial charge in [0.15, 0.2) is 12.2 Å². The lowest BCUT2D eigenvalue weighted by Crippen LogP contribution is -2.30. The third-order valence-corrected chi connectivity index (χ3v) is 21.4. The Hall–Kier alpha value is -1.94. The first-order valence-corrected chi connectivity index (χ1v) is 45.4. The molecular formula is C82H160O17P2. The molecular weight excluding hydrogens is 1320 g/mol. The fourth-order valence-corrected chi connectivity index (χ4v) is 14.2. The van der Waals surface area contributed by atoms with Crippen LogP contribution in [0.4, 0.5) is 0 Å². The predicted molar refractivity (Wildman–Crippen MR) is 414 cm³/mol. The number of carbonyl (C=O) groups excluding carboxylic acids is 4. The highest BCUT2D eigenvalue weighted by molar-refractivity contribution is 7.47. The lowest BCUT2D eigenvalue weighted by Gasteiger charge is -2.21. The molecule has 0 aliphatic rings. The first-order chi connectivity index (χ1) is 48.8. The number of hydrogen-bond donors (Lipinski definition) is 3. The van der Waals surface area contributed by atoms with E-state index in [2.05, 4.69) is 48.5 Å². The number of phosphoric acid groups is 2. The van der Waals surface area contributed by atoms with E-state index < -0.39 is 97.5 Å². The van der Waals surface area contributed by atoms with Crippen LogP contribution in [0.5, 0.6) is 0 Å². The molecule has 0 rings (SSSR count). The zero-order valence-electron chi connectivity index (χ0n) is 66.4. The average Bonchev–Trinajstić information content (AvgIpc) is 0.926. The van der Waals surface area contributed by atoms with E-state index in [1.807, 2.05) is 0 Å². The van der Waals surface area contributed by atoms with Crippen LogP contribution >= 0.6 is 15.6 Å². The quantitative estimate of drug-likeness (QED) is 0.0222. The number of phosphoric ester groups is 2. The SMILES string of the molecule is CCCCCCCCCCCCCCCCCCCCC(=O)OC[C@H](COP(=O)(O)OC[C@@H](O)COP(=O)(O)OC[C@@H](COC(=O)CCCCCCCCCCCC(C)C)OC(=O)CCCCCCCCCCCCC(C)C)OC(=O)CCCCCCCCCCCCCCCCC(C)CC. The van der Waals surface area contributed by atoms with E-state index >= 15 is 0 Å². The normalized spacial score (nSPS) is 14.2. The summed E-state index contributed by atoms with van der Waals surface area (Å²) in [6.07, 6.45) is 61.0. The van der Waals surface area contributed by atoms with Crippen molar-refractivity contribution in [3.63, 3.8) is 0 Å². The third-order valence-electron chi connectivity index (χ3n) is 19.5. The summed E-state index contributed by atoms with van der Waals surface area (Å²) in [4.78, 5) is 73.1. The Morgan fingerprint density at radius 3 is 0.752 bits per heavy atom. The van der Waals surface area contributed by atoms with Crippen molar-refractivity contribution >= 4 is 39.5 Å². The van der Waals surface area contributed by atoms with Gasteiger partial charge in [0.2, 0.25) is 0 Å². The van der Waals surface area contributed by atoms with Gasteiger partial charge in [-0.1, -0.05) is 376 Å². The van der Waals surface area contributed by atoms with Gasteiger partial charge in [0.1, 0.15) is 19.3 Å². The maximum Gasteiger partial charge on any atom is 0.472 e. The van der Waals surface area contributed by atoms with Crippen LogP contribution < -0.4 is 0 Å². The van der Waals surface area contributed by atoms with Crippen molar-refractivity contribution in [2.75, 3.05) is 39.6 Å². The fourth-order valence-electron chi connectivity index (χ4n) is 12.6. The fraction of sp³-hybridized carbons (Fsp3) is 0.951. The number of ether oxygens (including phenoxy) is 4. The molecule has 0 aromatic rings. The Kier molecular flexibility index (Phi) is 70.9. The summed E-state index contributed by atoms with van der Waals surface area (Å²) in [6, 6.07) is 0. The van der Waals surface area contributed by atoms with E-state index in [0.717, 1.165) is 108 Å². The molecule has 3 unspecified atom stereocenters. The first kappa shape index (κ1) is 99.1. The molecule has 0 bridgehead atoms. The lowest BCUT2D eigenvalue weighted by atomic mass is 9.99. The molecule has 0 saturated carbocycles. The third kappa shape index (κ3) is 74.7. The van der Waals surface area contributed by atoms with E-state index in [-0.39, 0.29) is 25.7 Å². The van der Waals surface area contributed by atoms with Gasteiger partial charge >= 0.3 is 39.5 Å². The van der Waals surface area contributed by atoms with Crippen LogP contribution in [0.25, 0.3) is 0 Å². The average molecular weight is 1480 g/mol. The molecule has 600 valence electrons. The number of rotatable bonds is 80. The highest BCUT2D eigenvalue weighted by Gasteiger charge is 2.30. The molecule has 0 heterocycles. The van der Waals surface area contributed by atoms with Crippen molar-refractivity contribution in [3.8, 4) is 0 Å². The number of aliphatic hydroxyl groups excluding tert-OH is 1. The minimum absolute atomic E-state index is 0.106. The molecule has 0 radical (unpaired) electrons. The monoisotopic (exact) mass is 1480 g/mol. The molecule has 0 fully saturated rings. The Morgan fingerprint density at radius 2 is 0.505 bits per heavy atom. The summed E-state index contributed by atoms with van der Waals surface area (Å²) in [7, 11) is -9.92. The van der Waals surface area contributed by atoms with Crippen molar-refractivity contribution in [2.45, 2.75) is 446 Å². The van der Waals surface area contributed by atoms with Gasteiger partial charge in [0, 0.05) is 25.7 Å². The van der Waals surface area contributed by atoms with Crippen LogP contribution in [-0.2, 0) is 65.4 Å². The number of unbranched alkanes of at least 4 members (excludes halogenated alkanes) is 47. The van der Waals surface area contributed by atoms with Gasteiger partial charge < -0.3 is 33.8 Å². The van der Waals surface area contributed by atoms with E-state index in [4.69, 9.17) is 37.0 Å². The predicted octanol–water partition coefficient (Wildman–Crippen LogP) is 24.5. The molecule has 3 N–H and O–H groups in total. The van der Waals surface area contributed by atoms with E-state index in [1.165, 1.54) is 238 Å². The Bertz CT molecular complexity index is 1960. The molecule has 0 aromatic heterocycles. The molecule has 19 heteroatoms. The minimum atomic E-state index is -4.96. The zero-order valence-corrected chi connectivity index (χ0v) is 68.2. The van der Waals surface area contributed by atoms with Gasteiger partial charge in [-0.05, 0) is 43.4 Å². The van der Waals surface area contributed by atoms with Crippen molar-refractivity contribution in [2.24, 2.45) is 17.8 Å². The van der Waals surface area contributed by atoms with Crippen LogP contribution in [0.15, 0.2) is 0 Å². The summed E-state index contributed by atoms with van der Waals surface area (Å²) >= 11 is 0. The second kappa shape index (κ2) is 72.3. The van der Waals surface area contributed by atoms with Crippen molar-refractivity contribution in [1.82, 2.24) is 0 Å².